The molecule has 2 aliphatic rings. The summed E-state index contributed by atoms with van der Waals surface area (Å²) >= 11 is 0. The summed E-state index contributed by atoms with van der Waals surface area (Å²) in [7, 11) is 3.99. The molecule has 2 saturated heterocycles. The lowest BCUT2D eigenvalue weighted by Gasteiger charge is -2.36. The van der Waals surface area contributed by atoms with Gasteiger partial charge in [-0.2, -0.15) is 4.98 Å². The third-order valence-corrected chi connectivity index (χ3v) is 5.29. The van der Waals surface area contributed by atoms with E-state index in [9.17, 15) is 0 Å². The smallest absolute Gasteiger partial charge is 0.227 e. The summed E-state index contributed by atoms with van der Waals surface area (Å²) in [5.41, 5.74) is 0. The van der Waals surface area contributed by atoms with E-state index in [1.807, 2.05) is 37.3 Å². The Balaban J connectivity index is 1.41. The summed E-state index contributed by atoms with van der Waals surface area (Å²) in [5, 5.41) is 0. The van der Waals surface area contributed by atoms with Gasteiger partial charge in [0, 0.05) is 65.6 Å². The van der Waals surface area contributed by atoms with Crippen molar-refractivity contribution >= 4 is 23.4 Å². The van der Waals surface area contributed by atoms with Gasteiger partial charge >= 0.3 is 0 Å². The Labute approximate surface area is 160 Å². The van der Waals surface area contributed by atoms with Gasteiger partial charge in [0.25, 0.3) is 0 Å². The van der Waals surface area contributed by atoms with Crippen LogP contribution in [0.3, 0.4) is 0 Å². The van der Waals surface area contributed by atoms with Crippen LogP contribution >= 0.6 is 0 Å². The molecule has 2 aliphatic heterocycles. The Morgan fingerprint density at radius 2 is 1.48 bits per heavy atom. The Morgan fingerprint density at radius 1 is 0.778 bits per heavy atom. The molecule has 0 amide bonds. The SMILES string of the molecule is CN(C)c1cc(N2CCN(c3nccc(N4CCCCC4)n3)CC2)ncn1. The van der Waals surface area contributed by atoms with Gasteiger partial charge in [0.05, 0.1) is 0 Å². The van der Waals surface area contributed by atoms with Crippen molar-refractivity contribution in [3.63, 3.8) is 0 Å². The molecule has 0 radical (unpaired) electrons. The van der Waals surface area contributed by atoms with Crippen molar-refractivity contribution in [3.05, 3.63) is 24.7 Å². The number of hydrogen-bond acceptors (Lipinski definition) is 8. The molecule has 2 fully saturated rings. The molecule has 0 N–H and O–H groups in total. The van der Waals surface area contributed by atoms with Gasteiger partial charge in [-0.15, -0.1) is 0 Å². The van der Waals surface area contributed by atoms with Crippen LogP contribution in [0.25, 0.3) is 0 Å². The van der Waals surface area contributed by atoms with E-state index >= 15 is 0 Å². The predicted octanol–water partition coefficient (Wildman–Crippen LogP) is 1.65. The molecule has 0 unspecified atom stereocenters. The summed E-state index contributed by atoms with van der Waals surface area (Å²) < 4.78 is 0. The fraction of sp³-hybridized carbons (Fsp3) is 0.579. The summed E-state index contributed by atoms with van der Waals surface area (Å²) in [6.07, 6.45) is 7.38. The summed E-state index contributed by atoms with van der Waals surface area (Å²) in [5.74, 6) is 3.82. The van der Waals surface area contributed by atoms with Gasteiger partial charge in [-0.25, -0.2) is 15.0 Å². The lowest BCUT2D eigenvalue weighted by Crippen LogP contribution is -2.47. The minimum atomic E-state index is 0.842. The number of nitrogens with zero attached hydrogens (tertiary/aromatic N) is 8. The van der Waals surface area contributed by atoms with Crippen LogP contribution in [0.5, 0.6) is 0 Å². The quantitative estimate of drug-likeness (QED) is 0.807. The highest BCUT2D eigenvalue weighted by Crippen LogP contribution is 2.22. The molecule has 0 saturated carbocycles. The molecule has 0 atom stereocenters. The third kappa shape index (κ3) is 4.04. The van der Waals surface area contributed by atoms with Gasteiger partial charge in [-0.3, -0.25) is 0 Å². The lowest BCUT2D eigenvalue weighted by atomic mass is 10.1. The zero-order valence-corrected chi connectivity index (χ0v) is 16.3. The molecule has 8 nitrogen and oxygen atoms in total. The van der Waals surface area contributed by atoms with E-state index in [1.165, 1.54) is 19.3 Å². The molecule has 144 valence electrons. The molecule has 0 aromatic carbocycles. The highest BCUT2D eigenvalue weighted by molar-refractivity contribution is 5.51. The van der Waals surface area contributed by atoms with Crippen molar-refractivity contribution < 1.29 is 0 Å². The minimum absolute atomic E-state index is 0.842. The maximum atomic E-state index is 4.85. The first-order valence-electron chi connectivity index (χ1n) is 9.78. The van der Waals surface area contributed by atoms with Gasteiger partial charge in [0.1, 0.15) is 23.8 Å². The van der Waals surface area contributed by atoms with Crippen LogP contribution in [-0.4, -0.2) is 73.3 Å². The number of piperidine rings is 1. The van der Waals surface area contributed by atoms with E-state index in [-0.39, 0.29) is 0 Å². The van der Waals surface area contributed by atoms with Crippen molar-refractivity contribution in [3.8, 4) is 0 Å². The zero-order valence-electron chi connectivity index (χ0n) is 16.3. The number of piperazine rings is 1. The summed E-state index contributed by atoms with van der Waals surface area (Å²) in [6.45, 7) is 5.80. The molecule has 0 aliphatic carbocycles. The second kappa shape index (κ2) is 7.94. The van der Waals surface area contributed by atoms with Gasteiger partial charge in [0.2, 0.25) is 5.95 Å². The minimum Gasteiger partial charge on any atom is -0.363 e. The maximum absolute atomic E-state index is 4.85. The summed E-state index contributed by atoms with van der Waals surface area (Å²) in [4.78, 5) is 27.1. The largest absolute Gasteiger partial charge is 0.363 e. The molecular weight excluding hydrogens is 340 g/mol. The molecular formula is C19H28N8. The Kier molecular flexibility index (Phi) is 5.22. The standard InChI is InChI=1S/C19H28N8/c1-24(2)17-14-18(22-15-21-17)26-10-12-27(13-11-26)19-20-7-6-16(23-19)25-8-4-3-5-9-25/h6-7,14-15H,3-5,8-13H2,1-2H3. The van der Waals surface area contributed by atoms with Crippen molar-refractivity contribution in [1.29, 1.82) is 0 Å². The molecule has 27 heavy (non-hydrogen) atoms. The Morgan fingerprint density at radius 3 is 2.22 bits per heavy atom. The van der Waals surface area contributed by atoms with Crippen molar-refractivity contribution in [2.75, 3.05) is 73.0 Å². The average Bonchev–Trinajstić information content (AvgIpc) is 2.75. The monoisotopic (exact) mass is 368 g/mol. The van der Waals surface area contributed by atoms with Gasteiger partial charge < -0.3 is 19.6 Å². The molecule has 2 aromatic heterocycles. The summed E-state index contributed by atoms with van der Waals surface area (Å²) in [6, 6.07) is 4.08. The van der Waals surface area contributed by atoms with E-state index in [4.69, 9.17) is 4.98 Å². The van der Waals surface area contributed by atoms with Crippen molar-refractivity contribution in [2.24, 2.45) is 0 Å². The van der Waals surface area contributed by atoms with Crippen LogP contribution in [0.1, 0.15) is 19.3 Å². The van der Waals surface area contributed by atoms with Gasteiger partial charge in [0.15, 0.2) is 0 Å². The maximum Gasteiger partial charge on any atom is 0.227 e. The van der Waals surface area contributed by atoms with Gasteiger partial charge in [-0.1, -0.05) is 0 Å². The number of hydrogen-bond donors (Lipinski definition) is 0. The molecule has 0 spiro atoms. The fourth-order valence-electron chi connectivity index (χ4n) is 3.68. The average molecular weight is 368 g/mol. The molecule has 8 heteroatoms. The topological polar surface area (TPSA) is 64.5 Å². The highest BCUT2D eigenvalue weighted by atomic mass is 15.3. The fourth-order valence-corrected chi connectivity index (χ4v) is 3.68. The van der Waals surface area contributed by atoms with Gasteiger partial charge in [-0.05, 0) is 25.3 Å². The lowest BCUT2D eigenvalue weighted by molar-refractivity contribution is 0.571. The number of anilines is 4. The van der Waals surface area contributed by atoms with Crippen molar-refractivity contribution in [2.45, 2.75) is 19.3 Å². The highest BCUT2D eigenvalue weighted by Gasteiger charge is 2.21. The molecule has 4 rings (SSSR count). The molecule has 0 bridgehead atoms. The van der Waals surface area contributed by atoms with Crippen LogP contribution in [0.2, 0.25) is 0 Å². The second-order valence-corrected chi connectivity index (χ2v) is 7.37. The number of rotatable bonds is 4. The predicted molar refractivity (Wildman–Crippen MR) is 109 cm³/mol. The van der Waals surface area contributed by atoms with E-state index in [0.29, 0.717) is 0 Å². The van der Waals surface area contributed by atoms with Crippen LogP contribution < -0.4 is 19.6 Å². The van der Waals surface area contributed by atoms with Crippen molar-refractivity contribution in [1.82, 2.24) is 19.9 Å². The normalized spacial score (nSPS) is 17.9. The van der Waals surface area contributed by atoms with Crippen LogP contribution in [-0.2, 0) is 0 Å². The van der Waals surface area contributed by atoms with E-state index in [0.717, 1.165) is 62.7 Å². The van der Waals surface area contributed by atoms with E-state index in [1.54, 1.807) is 6.33 Å². The Bertz CT molecular complexity index is 751. The number of aromatic nitrogens is 4. The second-order valence-electron chi connectivity index (χ2n) is 7.37. The van der Waals surface area contributed by atoms with Crippen LogP contribution in [0, 0.1) is 0 Å². The molecule has 2 aromatic rings. The van der Waals surface area contributed by atoms with Crippen LogP contribution in [0.15, 0.2) is 24.7 Å². The van der Waals surface area contributed by atoms with E-state index in [2.05, 4.69) is 29.7 Å². The zero-order chi connectivity index (χ0) is 18.6. The van der Waals surface area contributed by atoms with Crippen LogP contribution in [0.4, 0.5) is 23.4 Å². The van der Waals surface area contributed by atoms with E-state index < -0.39 is 0 Å². The first-order valence-corrected chi connectivity index (χ1v) is 9.78. The third-order valence-electron chi connectivity index (χ3n) is 5.29. The first kappa shape index (κ1) is 17.8. The first-order chi connectivity index (χ1) is 13.2. The Hall–Kier alpha value is -2.64. The molecule has 4 heterocycles.